The second-order valence-corrected chi connectivity index (χ2v) is 10.6. The molecule has 1 aliphatic rings. The summed E-state index contributed by atoms with van der Waals surface area (Å²) in [6.07, 6.45) is 1.78. The number of carbonyl (C=O) groups excluding carboxylic acids is 1. The number of hydrogen-bond donors (Lipinski definition) is 0. The minimum atomic E-state index is -0.704. The van der Waals surface area contributed by atoms with Gasteiger partial charge in [-0.05, 0) is 73.5 Å². The van der Waals surface area contributed by atoms with Crippen molar-refractivity contribution in [3.8, 4) is 17.2 Å². The first-order valence-electron chi connectivity index (χ1n) is 12.1. The summed E-state index contributed by atoms with van der Waals surface area (Å²) in [4.78, 5) is 32.1. The minimum absolute atomic E-state index is 0.0192. The molecule has 0 radical (unpaired) electrons. The molecule has 200 valence electrons. The molecule has 8 nitrogen and oxygen atoms in total. The van der Waals surface area contributed by atoms with Crippen molar-refractivity contribution in [2.45, 2.75) is 39.8 Å². The van der Waals surface area contributed by atoms with Gasteiger partial charge in [-0.3, -0.25) is 9.36 Å². The molecule has 10 heteroatoms. The highest BCUT2D eigenvalue weighted by Gasteiger charge is 2.33. The number of methoxy groups -OCH3 is 2. The first kappa shape index (κ1) is 27.7. The lowest BCUT2D eigenvalue weighted by atomic mass is 9.96. The summed E-state index contributed by atoms with van der Waals surface area (Å²) in [5.74, 6) is 1.36. The Bertz CT molecular complexity index is 1570. The number of thiazole rings is 1. The molecule has 0 saturated carbocycles. The maximum atomic E-state index is 13.9. The lowest BCUT2D eigenvalue weighted by molar-refractivity contribution is -0.139. The molecule has 2 aromatic carbocycles. The predicted octanol–water partition coefficient (Wildman–Crippen LogP) is 4.37. The molecule has 4 rings (SSSR count). The molecule has 1 aromatic heterocycles. The third kappa shape index (κ3) is 5.42. The molecule has 0 amide bonds. The Labute approximate surface area is 233 Å². The monoisotopic (exact) mass is 600 g/mol. The van der Waals surface area contributed by atoms with E-state index in [1.54, 1.807) is 44.8 Å². The lowest BCUT2D eigenvalue weighted by Gasteiger charge is -2.25. The van der Waals surface area contributed by atoms with E-state index in [1.807, 2.05) is 44.2 Å². The van der Waals surface area contributed by atoms with E-state index >= 15 is 0 Å². The average Bonchev–Trinajstić information content (AvgIpc) is 3.18. The Morgan fingerprint density at radius 3 is 2.45 bits per heavy atom. The van der Waals surface area contributed by atoms with Gasteiger partial charge in [0.15, 0.2) is 4.80 Å². The normalized spacial score (nSPS) is 15.3. The number of benzene rings is 2. The molecule has 1 unspecified atom stereocenters. The van der Waals surface area contributed by atoms with Crippen LogP contribution in [0.4, 0.5) is 0 Å². The SMILES string of the molecule is CCOC(=O)C1=C(C)N=c2s/c(=C/c3cc(Br)c(OC)cc3OC)c(=O)n2C1c1ccc(OC(C)C)cc1. The summed E-state index contributed by atoms with van der Waals surface area (Å²) in [7, 11) is 3.13. The number of halogens is 1. The summed E-state index contributed by atoms with van der Waals surface area (Å²) in [5.41, 5.74) is 2.00. The molecule has 0 aliphatic carbocycles. The fourth-order valence-corrected chi connectivity index (χ4v) is 5.81. The van der Waals surface area contributed by atoms with Gasteiger partial charge in [-0.1, -0.05) is 23.5 Å². The zero-order valence-corrected chi connectivity index (χ0v) is 24.4. The van der Waals surface area contributed by atoms with Crippen molar-refractivity contribution in [1.82, 2.24) is 4.57 Å². The number of carbonyl (C=O) groups is 1. The number of allylic oxidation sites excluding steroid dienone is 1. The van der Waals surface area contributed by atoms with Crippen molar-refractivity contribution >= 4 is 39.3 Å². The molecule has 0 N–H and O–H groups in total. The lowest BCUT2D eigenvalue weighted by Crippen LogP contribution is -2.39. The zero-order chi connectivity index (χ0) is 27.6. The Morgan fingerprint density at radius 2 is 1.84 bits per heavy atom. The van der Waals surface area contributed by atoms with Crippen LogP contribution in [0.25, 0.3) is 6.08 Å². The van der Waals surface area contributed by atoms with E-state index in [9.17, 15) is 9.59 Å². The first-order chi connectivity index (χ1) is 18.2. The van der Waals surface area contributed by atoms with Crippen LogP contribution in [0, 0.1) is 0 Å². The second kappa shape index (κ2) is 11.6. The van der Waals surface area contributed by atoms with Crippen LogP contribution in [0.3, 0.4) is 0 Å². The van der Waals surface area contributed by atoms with Gasteiger partial charge in [-0.25, -0.2) is 9.79 Å². The van der Waals surface area contributed by atoms with Gasteiger partial charge in [0.1, 0.15) is 17.2 Å². The van der Waals surface area contributed by atoms with Gasteiger partial charge in [0.25, 0.3) is 5.56 Å². The predicted molar refractivity (Wildman–Crippen MR) is 150 cm³/mol. The Morgan fingerprint density at radius 1 is 1.16 bits per heavy atom. The second-order valence-electron chi connectivity index (χ2n) is 8.77. The highest BCUT2D eigenvalue weighted by molar-refractivity contribution is 9.10. The van der Waals surface area contributed by atoms with Gasteiger partial charge in [0.2, 0.25) is 0 Å². The van der Waals surface area contributed by atoms with Gasteiger partial charge in [0, 0.05) is 11.6 Å². The summed E-state index contributed by atoms with van der Waals surface area (Å²) in [6.45, 7) is 7.62. The van der Waals surface area contributed by atoms with Gasteiger partial charge in [-0.2, -0.15) is 0 Å². The summed E-state index contributed by atoms with van der Waals surface area (Å²) in [5, 5.41) is 0. The van der Waals surface area contributed by atoms with Crippen LogP contribution in [-0.2, 0) is 9.53 Å². The van der Waals surface area contributed by atoms with E-state index in [1.165, 1.54) is 11.3 Å². The molecule has 0 spiro atoms. The fourth-order valence-electron chi connectivity index (χ4n) is 4.25. The molecule has 3 aromatic rings. The van der Waals surface area contributed by atoms with Crippen LogP contribution in [0.5, 0.6) is 17.2 Å². The number of aromatic nitrogens is 1. The standard InChI is InChI=1S/C28H29BrN2O6S/c1-7-36-27(33)24-16(4)30-28-31(25(24)17-8-10-19(11-9-17)37-15(2)3)26(32)23(38-28)13-18-12-20(29)22(35-6)14-21(18)34-5/h8-15,25H,7H2,1-6H3/b23-13+. The largest absolute Gasteiger partial charge is 0.496 e. The molecule has 0 bridgehead atoms. The minimum Gasteiger partial charge on any atom is -0.496 e. The van der Waals surface area contributed by atoms with Crippen molar-refractivity contribution in [3.05, 3.63) is 83.0 Å². The van der Waals surface area contributed by atoms with Crippen molar-refractivity contribution < 1.29 is 23.7 Å². The Balaban J connectivity index is 1.92. The van der Waals surface area contributed by atoms with Crippen LogP contribution in [0.1, 0.15) is 44.9 Å². The van der Waals surface area contributed by atoms with Gasteiger partial charge in [0.05, 0.1) is 53.2 Å². The Kier molecular flexibility index (Phi) is 8.42. The quantitative estimate of drug-likeness (QED) is 0.357. The molecular weight excluding hydrogens is 572 g/mol. The zero-order valence-electron chi connectivity index (χ0n) is 22.0. The highest BCUT2D eigenvalue weighted by Crippen LogP contribution is 2.34. The number of rotatable bonds is 8. The van der Waals surface area contributed by atoms with Crippen LogP contribution in [-0.4, -0.2) is 37.5 Å². The van der Waals surface area contributed by atoms with Crippen molar-refractivity contribution in [1.29, 1.82) is 0 Å². The molecule has 0 fully saturated rings. The van der Waals surface area contributed by atoms with E-state index in [-0.39, 0.29) is 18.3 Å². The van der Waals surface area contributed by atoms with E-state index in [2.05, 4.69) is 20.9 Å². The Hall–Kier alpha value is -3.37. The number of nitrogens with zero attached hydrogens (tertiary/aromatic N) is 2. The molecular formula is C28H29BrN2O6S. The first-order valence-corrected chi connectivity index (χ1v) is 13.7. The van der Waals surface area contributed by atoms with Crippen molar-refractivity contribution in [2.24, 2.45) is 4.99 Å². The number of fused-ring (bicyclic) bond motifs is 1. The summed E-state index contributed by atoms with van der Waals surface area (Å²) >= 11 is 4.75. The molecule has 0 saturated heterocycles. The van der Waals surface area contributed by atoms with Gasteiger partial charge in [-0.15, -0.1) is 0 Å². The van der Waals surface area contributed by atoms with Crippen molar-refractivity contribution in [2.75, 3.05) is 20.8 Å². The van der Waals surface area contributed by atoms with E-state index in [0.717, 1.165) is 10.0 Å². The maximum absolute atomic E-state index is 13.9. The van der Waals surface area contributed by atoms with Crippen LogP contribution < -0.4 is 29.1 Å². The number of hydrogen-bond acceptors (Lipinski definition) is 8. The number of ether oxygens (including phenoxy) is 4. The molecule has 1 atom stereocenters. The average molecular weight is 602 g/mol. The smallest absolute Gasteiger partial charge is 0.338 e. The van der Waals surface area contributed by atoms with Crippen LogP contribution >= 0.6 is 27.3 Å². The molecule has 2 heterocycles. The number of esters is 1. The maximum Gasteiger partial charge on any atom is 0.338 e. The van der Waals surface area contributed by atoms with Crippen molar-refractivity contribution in [3.63, 3.8) is 0 Å². The summed E-state index contributed by atoms with van der Waals surface area (Å²) < 4.78 is 24.8. The molecule has 1 aliphatic heterocycles. The van der Waals surface area contributed by atoms with Crippen LogP contribution in [0.2, 0.25) is 0 Å². The summed E-state index contributed by atoms with van der Waals surface area (Å²) in [6, 6.07) is 10.3. The molecule has 38 heavy (non-hydrogen) atoms. The van der Waals surface area contributed by atoms with Crippen LogP contribution in [0.15, 0.2) is 61.9 Å². The topological polar surface area (TPSA) is 88.4 Å². The third-order valence-corrected chi connectivity index (χ3v) is 7.48. The van der Waals surface area contributed by atoms with E-state index in [0.29, 0.717) is 43.4 Å². The van der Waals surface area contributed by atoms with E-state index < -0.39 is 12.0 Å². The third-order valence-electron chi connectivity index (χ3n) is 5.88. The van der Waals surface area contributed by atoms with Gasteiger partial charge >= 0.3 is 5.97 Å². The van der Waals surface area contributed by atoms with Gasteiger partial charge < -0.3 is 18.9 Å². The van der Waals surface area contributed by atoms with E-state index in [4.69, 9.17) is 18.9 Å². The highest BCUT2D eigenvalue weighted by atomic mass is 79.9. The fraction of sp³-hybridized carbons (Fsp3) is 0.321.